The van der Waals surface area contributed by atoms with E-state index in [1.807, 2.05) is 18.8 Å². The smallest absolute Gasteiger partial charge is 0.0489 e. The first-order chi connectivity index (χ1) is 10.2. The second kappa shape index (κ2) is 8.66. The third kappa shape index (κ3) is 4.90. The monoisotopic (exact) mass is 307 g/mol. The van der Waals surface area contributed by atoms with Gasteiger partial charge in [0.05, 0.1) is 0 Å². The number of hydrogen-bond donors (Lipinski definition) is 2. The van der Waals surface area contributed by atoms with E-state index in [0.29, 0.717) is 6.04 Å². The zero-order valence-electron chi connectivity index (χ0n) is 13.6. The minimum Gasteiger partial charge on any atom is -0.387 e. The van der Waals surface area contributed by atoms with Crippen LogP contribution in [0.4, 0.5) is 5.69 Å². The van der Waals surface area contributed by atoms with Gasteiger partial charge in [-0.25, -0.2) is 0 Å². The molecule has 0 aliphatic carbocycles. The molecule has 1 aromatic carbocycles. The minimum absolute atomic E-state index is 0.535. The summed E-state index contributed by atoms with van der Waals surface area (Å²) >= 11 is 1.92. The fraction of sp³-hybridized carbons (Fsp3) is 0.647. The molecule has 21 heavy (non-hydrogen) atoms. The second-order valence-electron chi connectivity index (χ2n) is 5.86. The Morgan fingerprint density at radius 1 is 1.38 bits per heavy atom. The van der Waals surface area contributed by atoms with Crippen LogP contribution in [0.1, 0.15) is 44.2 Å². The van der Waals surface area contributed by atoms with E-state index in [0.717, 1.165) is 19.0 Å². The first-order valence-corrected chi connectivity index (χ1v) is 9.09. The lowest BCUT2D eigenvalue weighted by atomic mass is 9.97. The van der Waals surface area contributed by atoms with Gasteiger partial charge in [0.25, 0.3) is 0 Å². The Bertz CT molecular complexity index is 430. The van der Waals surface area contributed by atoms with Crippen LogP contribution in [0.15, 0.2) is 23.1 Å². The van der Waals surface area contributed by atoms with Gasteiger partial charge in [-0.15, -0.1) is 11.8 Å². The third-order valence-corrected chi connectivity index (χ3v) is 5.27. The zero-order chi connectivity index (χ0) is 15.1. The first kappa shape index (κ1) is 16.7. The molecule has 1 aliphatic heterocycles. The van der Waals surface area contributed by atoms with Crippen molar-refractivity contribution in [3.05, 3.63) is 23.8 Å². The number of nitrogens with zero attached hydrogens (tertiary/aromatic N) is 1. The molecule has 2 N–H and O–H groups in total. The molecule has 1 atom stereocenters. The highest BCUT2D eigenvalue weighted by atomic mass is 32.2. The Kier molecular flexibility index (Phi) is 6.87. The molecule has 1 fully saturated rings. The maximum absolute atomic E-state index is 3.63. The number of piperidine rings is 1. The van der Waals surface area contributed by atoms with Gasteiger partial charge in [-0.1, -0.05) is 19.4 Å². The van der Waals surface area contributed by atoms with Crippen LogP contribution in [0.2, 0.25) is 0 Å². The number of rotatable bonds is 7. The van der Waals surface area contributed by atoms with Crippen molar-refractivity contribution in [2.45, 2.75) is 43.5 Å². The van der Waals surface area contributed by atoms with Crippen molar-refractivity contribution in [1.29, 1.82) is 0 Å². The summed E-state index contributed by atoms with van der Waals surface area (Å²) in [5.41, 5.74) is 2.68. The van der Waals surface area contributed by atoms with E-state index < -0.39 is 0 Å². The van der Waals surface area contributed by atoms with Crippen LogP contribution in [0.3, 0.4) is 0 Å². The molecule has 0 spiro atoms. The first-order valence-electron chi connectivity index (χ1n) is 8.11. The summed E-state index contributed by atoms with van der Waals surface area (Å²) < 4.78 is 0. The molecule has 1 aliphatic rings. The largest absolute Gasteiger partial charge is 0.387 e. The maximum atomic E-state index is 3.63. The maximum Gasteiger partial charge on any atom is 0.0489 e. The Labute approximate surface area is 133 Å². The molecular formula is C17H29N3S. The van der Waals surface area contributed by atoms with Gasteiger partial charge in [-0.05, 0) is 57.1 Å². The molecule has 118 valence electrons. The van der Waals surface area contributed by atoms with Gasteiger partial charge >= 0.3 is 0 Å². The average molecular weight is 308 g/mol. The normalized spacial score (nSPS) is 19.0. The summed E-state index contributed by atoms with van der Waals surface area (Å²) in [5, 5.41) is 6.99. The van der Waals surface area contributed by atoms with Crippen LogP contribution >= 0.6 is 11.8 Å². The van der Waals surface area contributed by atoms with Crippen molar-refractivity contribution in [3.63, 3.8) is 0 Å². The molecule has 0 bridgehead atoms. The van der Waals surface area contributed by atoms with Gasteiger partial charge < -0.3 is 10.6 Å². The van der Waals surface area contributed by atoms with Crippen molar-refractivity contribution in [2.75, 3.05) is 38.4 Å². The molecular weight excluding hydrogens is 278 g/mol. The number of anilines is 1. The van der Waals surface area contributed by atoms with Crippen molar-refractivity contribution < 1.29 is 0 Å². The summed E-state index contributed by atoms with van der Waals surface area (Å²) in [6, 6.07) is 7.44. The highest BCUT2D eigenvalue weighted by Gasteiger charge is 2.16. The number of hydrogen-bond acceptors (Lipinski definition) is 4. The van der Waals surface area contributed by atoms with E-state index in [9.17, 15) is 0 Å². The Morgan fingerprint density at radius 2 is 2.24 bits per heavy atom. The number of thioether (sulfide) groups is 1. The second-order valence-corrected chi connectivity index (χ2v) is 6.85. The van der Waals surface area contributed by atoms with Crippen LogP contribution in [0, 0.1) is 0 Å². The predicted octanol–water partition coefficient (Wildman–Crippen LogP) is 3.93. The lowest BCUT2D eigenvalue weighted by Crippen LogP contribution is -2.26. The highest BCUT2D eigenvalue weighted by molar-refractivity contribution is 7.99. The zero-order valence-corrected chi connectivity index (χ0v) is 14.4. The van der Waals surface area contributed by atoms with Crippen molar-refractivity contribution >= 4 is 17.4 Å². The van der Waals surface area contributed by atoms with Crippen LogP contribution in [0.5, 0.6) is 0 Å². The van der Waals surface area contributed by atoms with Gasteiger partial charge in [0.2, 0.25) is 0 Å². The third-order valence-electron chi connectivity index (χ3n) is 4.03. The minimum atomic E-state index is 0.535. The molecule has 0 saturated carbocycles. The van der Waals surface area contributed by atoms with Gasteiger partial charge in [-0.2, -0.15) is 0 Å². The molecule has 2 rings (SSSR count). The van der Waals surface area contributed by atoms with Gasteiger partial charge in [-0.3, -0.25) is 4.90 Å². The number of benzene rings is 1. The Hall–Kier alpha value is -0.710. The van der Waals surface area contributed by atoms with E-state index in [1.54, 1.807) is 0 Å². The lowest BCUT2D eigenvalue weighted by Gasteiger charge is -2.25. The Morgan fingerprint density at radius 3 is 2.90 bits per heavy atom. The molecule has 3 nitrogen and oxygen atoms in total. The molecule has 1 unspecified atom stereocenters. The fourth-order valence-corrected chi connectivity index (χ4v) is 3.82. The topological polar surface area (TPSA) is 27.3 Å². The quantitative estimate of drug-likeness (QED) is 0.589. The molecule has 0 aromatic heterocycles. The van der Waals surface area contributed by atoms with E-state index in [-0.39, 0.29) is 0 Å². The summed E-state index contributed by atoms with van der Waals surface area (Å²) in [6.07, 6.45) is 5.12. The molecule has 1 aromatic rings. The summed E-state index contributed by atoms with van der Waals surface area (Å²) in [4.78, 5) is 3.72. The summed E-state index contributed by atoms with van der Waals surface area (Å²) in [6.45, 7) is 4.54. The number of nitrogens with one attached hydrogen (secondary N) is 2. The van der Waals surface area contributed by atoms with Gasteiger partial charge in [0.15, 0.2) is 0 Å². The van der Waals surface area contributed by atoms with Crippen LogP contribution < -0.4 is 10.6 Å². The lowest BCUT2D eigenvalue weighted by molar-refractivity contribution is 0.393. The highest BCUT2D eigenvalue weighted by Crippen LogP contribution is 2.32. The fourth-order valence-electron chi connectivity index (χ4n) is 2.85. The SMILES string of the molecule is CCCN(C)CSc1ccc(C2CCCCN2)cc1NC. The summed E-state index contributed by atoms with van der Waals surface area (Å²) in [5.74, 6) is 1.05. The Balaban J connectivity index is 2.01. The average Bonchev–Trinajstić information content (AvgIpc) is 2.54. The van der Waals surface area contributed by atoms with Crippen molar-refractivity contribution in [3.8, 4) is 0 Å². The summed E-state index contributed by atoms with van der Waals surface area (Å²) in [7, 11) is 4.21. The van der Waals surface area contributed by atoms with Gasteiger partial charge in [0, 0.05) is 29.5 Å². The predicted molar refractivity (Wildman–Crippen MR) is 94.2 cm³/mol. The molecule has 4 heteroatoms. The molecule has 0 radical (unpaired) electrons. The van der Waals surface area contributed by atoms with Gasteiger partial charge in [0.1, 0.15) is 0 Å². The standard InChI is InChI=1S/C17H29N3S/c1-4-11-20(3)13-21-17-9-8-14(12-16(17)18-2)15-7-5-6-10-19-15/h8-9,12,15,18-19H,4-7,10-11,13H2,1-3H3. The van der Waals surface area contributed by atoms with Crippen molar-refractivity contribution in [2.24, 2.45) is 0 Å². The van der Waals surface area contributed by atoms with Crippen LogP contribution in [0.25, 0.3) is 0 Å². The van der Waals surface area contributed by atoms with E-state index in [1.165, 1.54) is 41.8 Å². The van der Waals surface area contributed by atoms with Crippen LogP contribution in [-0.2, 0) is 0 Å². The van der Waals surface area contributed by atoms with E-state index in [4.69, 9.17) is 0 Å². The van der Waals surface area contributed by atoms with Crippen LogP contribution in [-0.4, -0.2) is 38.0 Å². The molecule has 1 heterocycles. The van der Waals surface area contributed by atoms with E-state index in [2.05, 4.69) is 47.7 Å². The molecule has 1 saturated heterocycles. The van der Waals surface area contributed by atoms with E-state index >= 15 is 0 Å². The molecule has 0 amide bonds. The van der Waals surface area contributed by atoms with Crippen molar-refractivity contribution in [1.82, 2.24) is 10.2 Å².